The van der Waals surface area contributed by atoms with Gasteiger partial charge in [-0.3, -0.25) is 4.79 Å². The minimum absolute atomic E-state index is 0.131. The Morgan fingerprint density at radius 1 is 1.38 bits per heavy atom. The van der Waals surface area contributed by atoms with Crippen molar-refractivity contribution >= 4 is 11.7 Å². The summed E-state index contributed by atoms with van der Waals surface area (Å²) in [5.41, 5.74) is 5.91. The van der Waals surface area contributed by atoms with E-state index in [1.54, 1.807) is 12.1 Å². The molecule has 0 atom stereocenters. The molecule has 0 aromatic carbocycles. The van der Waals surface area contributed by atoms with E-state index in [4.69, 9.17) is 5.73 Å². The van der Waals surface area contributed by atoms with Crippen molar-refractivity contribution in [2.24, 2.45) is 5.73 Å². The Morgan fingerprint density at radius 2 is 2.25 bits per heavy atom. The van der Waals surface area contributed by atoms with Crippen LogP contribution in [0.2, 0.25) is 0 Å². The summed E-state index contributed by atoms with van der Waals surface area (Å²) in [6.07, 6.45) is 1.48. The van der Waals surface area contributed by atoms with Gasteiger partial charge in [-0.25, -0.2) is 0 Å². The number of hydrogen-bond donors (Lipinski definition) is 2. The Labute approximate surface area is 90.6 Å². The van der Waals surface area contributed by atoms with E-state index in [9.17, 15) is 4.79 Å². The van der Waals surface area contributed by atoms with Crippen LogP contribution < -0.4 is 11.1 Å². The van der Waals surface area contributed by atoms with Crippen molar-refractivity contribution < 1.29 is 9.32 Å². The number of primary amides is 1. The molecule has 2 heterocycles. The van der Waals surface area contributed by atoms with Crippen LogP contribution in [-0.4, -0.2) is 21.3 Å². The summed E-state index contributed by atoms with van der Waals surface area (Å²) in [6, 6.07) is 4.85. The largest absolute Gasteiger partial charge is 0.364 e. The van der Waals surface area contributed by atoms with Gasteiger partial charge in [0.25, 0.3) is 5.91 Å². The quantitative estimate of drug-likeness (QED) is 0.759. The summed E-state index contributed by atoms with van der Waals surface area (Å²) in [7, 11) is 0. The molecule has 0 aliphatic rings. The maximum atomic E-state index is 10.7. The van der Waals surface area contributed by atoms with E-state index in [1.807, 2.05) is 0 Å². The van der Waals surface area contributed by atoms with Crippen LogP contribution in [0.4, 0.5) is 5.82 Å². The van der Waals surface area contributed by atoms with E-state index in [0.29, 0.717) is 12.4 Å². The fourth-order valence-corrected chi connectivity index (χ4v) is 1.07. The van der Waals surface area contributed by atoms with Crippen LogP contribution in [0.15, 0.2) is 29.0 Å². The lowest BCUT2D eigenvalue weighted by Gasteiger charge is -2.01. The Hall–Kier alpha value is -2.44. The molecule has 0 saturated heterocycles. The minimum Gasteiger partial charge on any atom is -0.364 e. The molecule has 2 aromatic heterocycles. The fraction of sp³-hybridized carbons (Fsp3) is 0.111. The normalized spacial score (nSPS) is 10.0. The Kier molecular flexibility index (Phi) is 2.77. The lowest BCUT2D eigenvalue weighted by atomic mass is 10.3. The first-order valence-electron chi connectivity index (χ1n) is 4.52. The molecule has 16 heavy (non-hydrogen) atoms. The molecule has 0 radical (unpaired) electrons. The molecule has 2 rings (SSSR count). The van der Waals surface area contributed by atoms with Crippen molar-refractivity contribution in [3.05, 3.63) is 35.9 Å². The van der Waals surface area contributed by atoms with Crippen LogP contribution in [-0.2, 0) is 6.54 Å². The van der Waals surface area contributed by atoms with Crippen molar-refractivity contribution in [3.63, 3.8) is 0 Å². The van der Waals surface area contributed by atoms with E-state index in [1.165, 1.54) is 12.3 Å². The maximum absolute atomic E-state index is 10.7. The average Bonchev–Trinajstić information content (AvgIpc) is 2.80. The molecule has 7 nitrogen and oxygen atoms in total. The van der Waals surface area contributed by atoms with Gasteiger partial charge < -0.3 is 15.6 Å². The van der Waals surface area contributed by atoms with Crippen molar-refractivity contribution in [2.75, 3.05) is 5.32 Å². The maximum Gasteiger partial charge on any atom is 0.269 e. The lowest BCUT2D eigenvalue weighted by molar-refractivity contribution is 0.0994. The first-order chi connectivity index (χ1) is 7.75. The van der Waals surface area contributed by atoms with Gasteiger partial charge >= 0.3 is 0 Å². The van der Waals surface area contributed by atoms with Gasteiger partial charge in [-0.05, 0) is 12.1 Å². The summed E-state index contributed by atoms with van der Waals surface area (Å²) in [5, 5.41) is 14.1. The van der Waals surface area contributed by atoms with Crippen molar-refractivity contribution in [2.45, 2.75) is 6.54 Å². The van der Waals surface area contributed by atoms with Crippen molar-refractivity contribution in [1.29, 1.82) is 0 Å². The highest BCUT2D eigenvalue weighted by Gasteiger charge is 2.03. The Morgan fingerprint density at radius 3 is 2.81 bits per heavy atom. The van der Waals surface area contributed by atoms with Gasteiger partial charge in [0, 0.05) is 6.07 Å². The Balaban J connectivity index is 1.98. The first kappa shape index (κ1) is 10.1. The summed E-state index contributed by atoms with van der Waals surface area (Å²) >= 11 is 0. The molecule has 0 aliphatic heterocycles. The van der Waals surface area contributed by atoms with Gasteiger partial charge in [0.2, 0.25) is 0 Å². The van der Waals surface area contributed by atoms with Crippen molar-refractivity contribution in [3.8, 4) is 0 Å². The molecule has 0 fully saturated rings. The number of aromatic nitrogens is 3. The molecule has 0 saturated carbocycles. The SMILES string of the molecule is NC(=O)c1ccc(NCc2ccon2)nn1. The molecule has 7 heteroatoms. The van der Waals surface area contributed by atoms with Crippen LogP contribution in [0.3, 0.4) is 0 Å². The van der Waals surface area contributed by atoms with E-state index in [2.05, 4.69) is 25.2 Å². The molecule has 0 unspecified atom stereocenters. The minimum atomic E-state index is -0.601. The number of rotatable bonds is 4. The zero-order valence-corrected chi connectivity index (χ0v) is 8.25. The molecular formula is C9H9N5O2. The molecule has 0 spiro atoms. The Bertz CT molecular complexity index is 465. The van der Waals surface area contributed by atoms with Gasteiger partial charge in [-0.15, -0.1) is 10.2 Å². The standard InChI is InChI=1S/C9H9N5O2/c10-9(15)7-1-2-8(13-12-7)11-5-6-3-4-16-14-6/h1-4H,5H2,(H2,10,15)(H,11,13). The highest BCUT2D eigenvalue weighted by molar-refractivity contribution is 5.90. The highest BCUT2D eigenvalue weighted by atomic mass is 16.5. The highest BCUT2D eigenvalue weighted by Crippen LogP contribution is 2.04. The van der Waals surface area contributed by atoms with E-state index in [0.717, 1.165) is 5.69 Å². The summed E-state index contributed by atoms with van der Waals surface area (Å²) in [5.74, 6) is -0.0662. The van der Waals surface area contributed by atoms with Gasteiger partial charge in [-0.1, -0.05) is 5.16 Å². The second-order valence-corrected chi connectivity index (χ2v) is 3.01. The predicted octanol–water partition coefficient (Wildman–Crippen LogP) is 0.176. The zero-order valence-electron chi connectivity index (χ0n) is 8.25. The number of nitrogens with one attached hydrogen (secondary N) is 1. The van der Waals surface area contributed by atoms with E-state index >= 15 is 0 Å². The van der Waals surface area contributed by atoms with Gasteiger partial charge in [-0.2, -0.15) is 0 Å². The zero-order chi connectivity index (χ0) is 11.4. The first-order valence-corrected chi connectivity index (χ1v) is 4.52. The third kappa shape index (κ3) is 2.32. The van der Waals surface area contributed by atoms with Crippen LogP contribution >= 0.6 is 0 Å². The predicted molar refractivity (Wildman–Crippen MR) is 54.4 cm³/mol. The molecule has 3 N–H and O–H groups in total. The molecule has 0 aliphatic carbocycles. The van der Waals surface area contributed by atoms with Gasteiger partial charge in [0.15, 0.2) is 5.69 Å². The smallest absolute Gasteiger partial charge is 0.269 e. The van der Waals surface area contributed by atoms with Crippen molar-refractivity contribution in [1.82, 2.24) is 15.4 Å². The fourth-order valence-electron chi connectivity index (χ4n) is 1.07. The number of carbonyl (C=O) groups excluding carboxylic acids is 1. The van der Waals surface area contributed by atoms with Gasteiger partial charge in [0.1, 0.15) is 17.8 Å². The topological polar surface area (TPSA) is 107 Å². The number of nitrogens with zero attached hydrogens (tertiary/aromatic N) is 3. The summed E-state index contributed by atoms with van der Waals surface area (Å²) < 4.78 is 4.67. The van der Waals surface area contributed by atoms with Crippen LogP contribution in [0.25, 0.3) is 0 Å². The van der Waals surface area contributed by atoms with Crippen LogP contribution in [0.5, 0.6) is 0 Å². The van der Waals surface area contributed by atoms with E-state index in [-0.39, 0.29) is 5.69 Å². The van der Waals surface area contributed by atoms with E-state index < -0.39 is 5.91 Å². The lowest BCUT2D eigenvalue weighted by Crippen LogP contribution is -2.14. The third-order valence-electron chi connectivity index (χ3n) is 1.86. The number of anilines is 1. The average molecular weight is 219 g/mol. The molecule has 82 valence electrons. The van der Waals surface area contributed by atoms with Gasteiger partial charge in [0.05, 0.1) is 6.54 Å². The summed E-state index contributed by atoms with van der Waals surface area (Å²) in [6.45, 7) is 0.473. The number of nitrogens with two attached hydrogens (primary N) is 1. The van der Waals surface area contributed by atoms with Crippen LogP contribution in [0.1, 0.15) is 16.2 Å². The number of hydrogen-bond acceptors (Lipinski definition) is 6. The molecule has 0 bridgehead atoms. The second-order valence-electron chi connectivity index (χ2n) is 3.01. The molecular weight excluding hydrogens is 210 g/mol. The van der Waals surface area contributed by atoms with Crippen LogP contribution in [0, 0.1) is 0 Å². The molecule has 1 amide bonds. The summed E-state index contributed by atoms with van der Waals surface area (Å²) in [4.78, 5) is 10.7. The third-order valence-corrected chi connectivity index (χ3v) is 1.86. The molecule has 2 aromatic rings. The monoisotopic (exact) mass is 219 g/mol. The second kappa shape index (κ2) is 4.39. The number of carbonyl (C=O) groups is 1. The number of amides is 1.